The molecule has 2 saturated carbocycles. The van der Waals surface area contributed by atoms with Crippen molar-refractivity contribution in [1.29, 1.82) is 0 Å². The standard InChI is InChI=1S/C19H32O3/c1-13-9-11-14(12-10-13)17(20)15-7-5-6-8-16(15)18(21)22-19(2,3)4/h13-16H,5-12H2,1-4H3. The maximum absolute atomic E-state index is 12.9. The molecule has 126 valence electrons. The molecule has 0 heterocycles. The maximum atomic E-state index is 12.9. The average molecular weight is 308 g/mol. The number of rotatable bonds is 3. The van der Waals surface area contributed by atoms with Crippen LogP contribution in [0.25, 0.3) is 0 Å². The number of hydrogen-bond donors (Lipinski definition) is 0. The molecule has 2 rings (SSSR count). The number of ether oxygens (including phenoxy) is 1. The Bertz CT molecular complexity index is 399. The lowest BCUT2D eigenvalue weighted by atomic mass is 9.70. The van der Waals surface area contributed by atoms with E-state index in [0.29, 0.717) is 5.78 Å². The van der Waals surface area contributed by atoms with Gasteiger partial charge in [-0.2, -0.15) is 0 Å². The van der Waals surface area contributed by atoms with Gasteiger partial charge in [-0.05, 0) is 52.4 Å². The molecule has 3 nitrogen and oxygen atoms in total. The zero-order valence-corrected chi connectivity index (χ0v) is 14.7. The van der Waals surface area contributed by atoms with Crippen LogP contribution in [0.15, 0.2) is 0 Å². The predicted molar refractivity (Wildman–Crippen MR) is 87.4 cm³/mol. The van der Waals surface area contributed by atoms with Crippen LogP contribution in [0.4, 0.5) is 0 Å². The van der Waals surface area contributed by atoms with E-state index in [2.05, 4.69) is 6.92 Å². The van der Waals surface area contributed by atoms with Crippen molar-refractivity contribution < 1.29 is 14.3 Å². The fourth-order valence-corrected chi connectivity index (χ4v) is 3.98. The van der Waals surface area contributed by atoms with Crippen molar-refractivity contribution >= 4 is 11.8 Å². The smallest absolute Gasteiger partial charge is 0.310 e. The molecular weight excluding hydrogens is 276 g/mol. The van der Waals surface area contributed by atoms with Gasteiger partial charge in [-0.25, -0.2) is 0 Å². The van der Waals surface area contributed by atoms with Crippen molar-refractivity contribution in [2.75, 3.05) is 0 Å². The van der Waals surface area contributed by atoms with Crippen molar-refractivity contribution in [3.8, 4) is 0 Å². The molecule has 0 saturated heterocycles. The van der Waals surface area contributed by atoms with Crippen molar-refractivity contribution in [2.45, 2.75) is 84.7 Å². The molecule has 0 bridgehead atoms. The highest BCUT2D eigenvalue weighted by Gasteiger charge is 2.40. The minimum absolute atomic E-state index is 0.0954. The Morgan fingerprint density at radius 3 is 1.95 bits per heavy atom. The Labute approximate surface area is 135 Å². The molecule has 0 aromatic rings. The monoisotopic (exact) mass is 308 g/mol. The van der Waals surface area contributed by atoms with E-state index in [-0.39, 0.29) is 23.7 Å². The van der Waals surface area contributed by atoms with Gasteiger partial charge in [-0.3, -0.25) is 9.59 Å². The number of ketones is 1. The molecule has 0 amide bonds. The van der Waals surface area contributed by atoms with Crippen molar-refractivity contribution in [2.24, 2.45) is 23.7 Å². The number of carbonyl (C=O) groups is 2. The second-order valence-electron chi connectivity index (χ2n) is 8.39. The first kappa shape index (κ1) is 17.5. The lowest BCUT2D eigenvalue weighted by Gasteiger charge is -2.35. The van der Waals surface area contributed by atoms with Crippen LogP contribution in [0.1, 0.15) is 79.1 Å². The Morgan fingerprint density at radius 2 is 1.41 bits per heavy atom. The van der Waals surface area contributed by atoms with E-state index in [1.165, 1.54) is 0 Å². The van der Waals surface area contributed by atoms with Crippen LogP contribution < -0.4 is 0 Å². The summed E-state index contributed by atoms with van der Waals surface area (Å²) >= 11 is 0. The fraction of sp³-hybridized carbons (Fsp3) is 0.895. The summed E-state index contributed by atoms with van der Waals surface area (Å²) in [4.78, 5) is 25.4. The fourth-order valence-electron chi connectivity index (χ4n) is 3.98. The van der Waals surface area contributed by atoms with Crippen LogP contribution >= 0.6 is 0 Å². The van der Waals surface area contributed by atoms with Crippen LogP contribution in [-0.4, -0.2) is 17.4 Å². The zero-order chi connectivity index (χ0) is 16.3. The second kappa shape index (κ2) is 7.14. The molecule has 2 atom stereocenters. The molecule has 0 aromatic heterocycles. The summed E-state index contributed by atoms with van der Waals surface area (Å²) in [6, 6.07) is 0. The molecule has 0 spiro atoms. The van der Waals surface area contributed by atoms with Gasteiger partial charge in [-0.1, -0.05) is 32.6 Å². The summed E-state index contributed by atoms with van der Waals surface area (Å²) < 4.78 is 5.57. The van der Waals surface area contributed by atoms with Crippen LogP contribution in [0, 0.1) is 23.7 Å². The lowest BCUT2D eigenvalue weighted by molar-refractivity contribution is -0.165. The first-order valence-corrected chi connectivity index (χ1v) is 9.04. The Kier molecular flexibility index (Phi) is 5.68. The molecule has 2 aliphatic rings. The number of esters is 1. The molecule has 3 heteroatoms. The van der Waals surface area contributed by atoms with Crippen molar-refractivity contribution in [3.05, 3.63) is 0 Å². The van der Waals surface area contributed by atoms with Gasteiger partial charge in [-0.15, -0.1) is 0 Å². The third kappa shape index (κ3) is 4.57. The second-order valence-corrected chi connectivity index (χ2v) is 8.39. The third-order valence-corrected chi connectivity index (χ3v) is 5.26. The van der Waals surface area contributed by atoms with Gasteiger partial charge in [0.25, 0.3) is 0 Å². The summed E-state index contributed by atoms with van der Waals surface area (Å²) in [7, 11) is 0. The van der Waals surface area contributed by atoms with E-state index >= 15 is 0 Å². The molecule has 0 N–H and O–H groups in total. The van der Waals surface area contributed by atoms with Crippen LogP contribution in [-0.2, 0) is 14.3 Å². The SMILES string of the molecule is CC1CCC(C(=O)C2CCCCC2C(=O)OC(C)(C)C)CC1. The summed E-state index contributed by atoms with van der Waals surface area (Å²) in [6.07, 6.45) is 8.12. The Hall–Kier alpha value is -0.860. The predicted octanol–water partition coefficient (Wildman–Crippen LogP) is 4.53. The normalized spacial score (nSPS) is 33.3. The van der Waals surface area contributed by atoms with Gasteiger partial charge < -0.3 is 4.74 Å². The number of carbonyl (C=O) groups excluding carboxylic acids is 2. The molecule has 0 aliphatic heterocycles. The van der Waals surface area contributed by atoms with Crippen molar-refractivity contribution in [3.63, 3.8) is 0 Å². The first-order chi connectivity index (χ1) is 10.3. The minimum atomic E-state index is -0.470. The van der Waals surface area contributed by atoms with E-state index in [1.54, 1.807) is 0 Å². The molecule has 22 heavy (non-hydrogen) atoms. The summed E-state index contributed by atoms with van der Waals surface area (Å²) in [5.74, 6) is 0.820. The van der Waals surface area contributed by atoms with E-state index in [9.17, 15) is 9.59 Å². The Morgan fingerprint density at radius 1 is 0.864 bits per heavy atom. The van der Waals surface area contributed by atoms with E-state index in [4.69, 9.17) is 4.74 Å². The molecule has 0 radical (unpaired) electrons. The van der Waals surface area contributed by atoms with Gasteiger partial charge in [0.2, 0.25) is 0 Å². The average Bonchev–Trinajstić information content (AvgIpc) is 2.45. The van der Waals surface area contributed by atoms with Crippen LogP contribution in [0.3, 0.4) is 0 Å². The summed E-state index contributed by atoms with van der Waals surface area (Å²) in [5, 5.41) is 0. The van der Waals surface area contributed by atoms with Gasteiger partial charge in [0.05, 0.1) is 5.92 Å². The highest BCUT2D eigenvalue weighted by molar-refractivity contribution is 5.88. The highest BCUT2D eigenvalue weighted by Crippen LogP contribution is 2.38. The minimum Gasteiger partial charge on any atom is -0.460 e. The quantitative estimate of drug-likeness (QED) is 0.719. The van der Waals surface area contributed by atoms with Gasteiger partial charge >= 0.3 is 5.97 Å². The van der Waals surface area contributed by atoms with Gasteiger partial charge in [0.1, 0.15) is 11.4 Å². The van der Waals surface area contributed by atoms with Gasteiger partial charge in [0, 0.05) is 11.8 Å². The van der Waals surface area contributed by atoms with E-state index in [0.717, 1.165) is 57.3 Å². The molecular formula is C19H32O3. The number of Topliss-reactive ketones (excluding diaryl/α,β-unsaturated/α-hetero) is 1. The number of hydrogen-bond acceptors (Lipinski definition) is 3. The van der Waals surface area contributed by atoms with Crippen LogP contribution in [0.5, 0.6) is 0 Å². The zero-order valence-electron chi connectivity index (χ0n) is 14.7. The van der Waals surface area contributed by atoms with E-state index < -0.39 is 5.60 Å². The largest absolute Gasteiger partial charge is 0.460 e. The maximum Gasteiger partial charge on any atom is 0.310 e. The topological polar surface area (TPSA) is 43.4 Å². The molecule has 2 aliphatic carbocycles. The van der Waals surface area contributed by atoms with E-state index in [1.807, 2.05) is 20.8 Å². The third-order valence-electron chi connectivity index (χ3n) is 5.26. The molecule has 0 aromatic carbocycles. The lowest BCUT2D eigenvalue weighted by Crippen LogP contribution is -2.40. The van der Waals surface area contributed by atoms with Gasteiger partial charge in [0.15, 0.2) is 0 Å². The Balaban J connectivity index is 2.02. The van der Waals surface area contributed by atoms with Crippen molar-refractivity contribution in [1.82, 2.24) is 0 Å². The highest BCUT2D eigenvalue weighted by atomic mass is 16.6. The molecule has 2 fully saturated rings. The summed E-state index contributed by atoms with van der Waals surface area (Å²) in [5.41, 5.74) is -0.470. The van der Waals surface area contributed by atoms with Crippen LogP contribution in [0.2, 0.25) is 0 Å². The summed E-state index contributed by atoms with van der Waals surface area (Å²) in [6.45, 7) is 7.96. The molecule has 2 unspecified atom stereocenters. The first-order valence-electron chi connectivity index (χ1n) is 9.04.